The van der Waals surface area contributed by atoms with Crippen molar-refractivity contribution in [1.82, 2.24) is 30.0 Å². The van der Waals surface area contributed by atoms with Gasteiger partial charge < -0.3 is 15.2 Å². The van der Waals surface area contributed by atoms with Gasteiger partial charge in [-0.1, -0.05) is 13.8 Å². The van der Waals surface area contributed by atoms with Crippen LogP contribution in [-0.4, -0.2) is 38.9 Å². The number of nitrogens with zero attached hydrogens (tertiary/aromatic N) is 5. The lowest BCUT2D eigenvalue weighted by Gasteiger charge is -2.14. The highest BCUT2D eigenvalue weighted by Crippen LogP contribution is 2.03. The van der Waals surface area contributed by atoms with Crippen molar-refractivity contribution in [2.45, 2.75) is 39.9 Å². The van der Waals surface area contributed by atoms with E-state index >= 15 is 0 Å². The molecule has 0 saturated heterocycles. The molecule has 0 saturated carbocycles. The molecule has 23 heavy (non-hydrogen) atoms. The normalized spacial score (nSPS) is 11.9. The first kappa shape index (κ1) is 17.1. The van der Waals surface area contributed by atoms with Gasteiger partial charge in [0, 0.05) is 51.5 Å². The van der Waals surface area contributed by atoms with Crippen LogP contribution in [-0.2, 0) is 19.6 Å². The number of aromatic nitrogens is 4. The SMILES string of the molecule is CN=C(NCCCn1cccn1)NCc1nccn1CC(C)C. The van der Waals surface area contributed by atoms with Crippen molar-refractivity contribution < 1.29 is 0 Å². The molecule has 0 bridgehead atoms. The zero-order valence-electron chi connectivity index (χ0n) is 14.2. The maximum atomic E-state index is 4.41. The molecule has 0 aliphatic carbocycles. The second-order valence-corrected chi connectivity index (χ2v) is 5.86. The average molecular weight is 317 g/mol. The molecule has 2 N–H and O–H groups in total. The van der Waals surface area contributed by atoms with E-state index in [-0.39, 0.29) is 0 Å². The molecule has 0 aromatic carbocycles. The molecule has 0 amide bonds. The van der Waals surface area contributed by atoms with E-state index in [9.17, 15) is 0 Å². The van der Waals surface area contributed by atoms with Gasteiger partial charge in [-0.15, -0.1) is 0 Å². The van der Waals surface area contributed by atoms with Gasteiger partial charge in [0.1, 0.15) is 5.82 Å². The first-order valence-corrected chi connectivity index (χ1v) is 8.11. The van der Waals surface area contributed by atoms with Crippen molar-refractivity contribution in [3.05, 3.63) is 36.7 Å². The number of hydrogen-bond acceptors (Lipinski definition) is 3. The molecule has 2 aromatic rings. The Morgan fingerprint density at radius 2 is 2.13 bits per heavy atom. The zero-order valence-corrected chi connectivity index (χ0v) is 14.2. The molecule has 126 valence electrons. The Kier molecular flexibility index (Phi) is 6.65. The fourth-order valence-electron chi connectivity index (χ4n) is 2.33. The van der Waals surface area contributed by atoms with E-state index in [2.05, 4.69) is 44.1 Å². The molecular weight excluding hydrogens is 290 g/mol. The molecule has 0 spiro atoms. The Morgan fingerprint density at radius 1 is 1.26 bits per heavy atom. The minimum Gasteiger partial charge on any atom is -0.356 e. The summed E-state index contributed by atoms with van der Waals surface area (Å²) in [5, 5.41) is 10.8. The van der Waals surface area contributed by atoms with Gasteiger partial charge in [0.15, 0.2) is 5.96 Å². The molecule has 0 aliphatic rings. The molecule has 0 unspecified atom stereocenters. The van der Waals surface area contributed by atoms with Gasteiger partial charge >= 0.3 is 0 Å². The lowest BCUT2D eigenvalue weighted by atomic mass is 10.2. The van der Waals surface area contributed by atoms with Gasteiger partial charge in [-0.05, 0) is 18.4 Å². The molecule has 2 heterocycles. The van der Waals surface area contributed by atoms with Crippen LogP contribution in [0.2, 0.25) is 0 Å². The quantitative estimate of drug-likeness (QED) is 0.439. The number of rotatable bonds is 8. The predicted molar refractivity (Wildman–Crippen MR) is 92.1 cm³/mol. The Hall–Kier alpha value is -2.31. The van der Waals surface area contributed by atoms with E-state index in [1.165, 1.54) is 0 Å². The second-order valence-electron chi connectivity index (χ2n) is 5.86. The van der Waals surface area contributed by atoms with Crippen LogP contribution in [0.15, 0.2) is 35.8 Å². The smallest absolute Gasteiger partial charge is 0.191 e. The van der Waals surface area contributed by atoms with Gasteiger partial charge in [-0.2, -0.15) is 5.10 Å². The first-order valence-electron chi connectivity index (χ1n) is 8.11. The summed E-state index contributed by atoms with van der Waals surface area (Å²) < 4.78 is 4.11. The monoisotopic (exact) mass is 317 g/mol. The standard InChI is InChI=1S/C16H27N7/c1-14(2)13-22-11-8-18-15(22)12-20-16(17-3)19-6-4-9-23-10-5-7-21-23/h5,7-8,10-11,14H,4,6,9,12-13H2,1-3H3,(H2,17,19,20). The summed E-state index contributed by atoms with van der Waals surface area (Å²) in [5.41, 5.74) is 0. The van der Waals surface area contributed by atoms with Gasteiger partial charge in [0.05, 0.1) is 6.54 Å². The van der Waals surface area contributed by atoms with Gasteiger partial charge in [-0.25, -0.2) is 4.98 Å². The van der Waals surface area contributed by atoms with E-state index < -0.39 is 0 Å². The molecule has 0 fully saturated rings. The second kappa shape index (κ2) is 8.97. The maximum Gasteiger partial charge on any atom is 0.191 e. The minimum absolute atomic E-state index is 0.600. The van der Waals surface area contributed by atoms with E-state index in [0.29, 0.717) is 12.5 Å². The summed E-state index contributed by atoms with van der Waals surface area (Å²) >= 11 is 0. The fraction of sp³-hybridized carbons (Fsp3) is 0.562. The van der Waals surface area contributed by atoms with Crippen LogP contribution >= 0.6 is 0 Å². The van der Waals surface area contributed by atoms with Crippen LogP contribution in [0.5, 0.6) is 0 Å². The Morgan fingerprint density at radius 3 is 2.83 bits per heavy atom. The van der Waals surface area contributed by atoms with E-state index in [1.807, 2.05) is 29.3 Å². The summed E-state index contributed by atoms with van der Waals surface area (Å²) in [5.74, 6) is 2.42. The first-order chi connectivity index (χ1) is 11.2. The summed E-state index contributed by atoms with van der Waals surface area (Å²) in [6.45, 7) is 7.80. The third-order valence-corrected chi connectivity index (χ3v) is 3.42. The summed E-state index contributed by atoms with van der Waals surface area (Å²) in [7, 11) is 1.78. The highest BCUT2D eigenvalue weighted by atomic mass is 15.3. The molecule has 2 rings (SSSR count). The van der Waals surface area contributed by atoms with E-state index in [4.69, 9.17) is 0 Å². The molecule has 7 heteroatoms. The third-order valence-electron chi connectivity index (χ3n) is 3.42. The van der Waals surface area contributed by atoms with Crippen molar-refractivity contribution in [1.29, 1.82) is 0 Å². The highest BCUT2D eigenvalue weighted by Gasteiger charge is 2.05. The molecular formula is C16H27N7. The number of nitrogens with one attached hydrogen (secondary N) is 2. The Balaban J connectivity index is 1.71. The zero-order chi connectivity index (χ0) is 16.5. The fourth-order valence-corrected chi connectivity index (χ4v) is 2.33. The molecule has 0 atom stereocenters. The van der Waals surface area contributed by atoms with E-state index in [0.717, 1.165) is 37.8 Å². The highest BCUT2D eigenvalue weighted by molar-refractivity contribution is 5.79. The average Bonchev–Trinajstić information content (AvgIpc) is 3.18. The molecule has 0 radical (unpaired) electrons. The summed E-state index contributed by atoms with van der Waals surface area (Å²) in [4.78, 5) is 8.66. The van der Waals surface area contributed by atoms with Crippen molar-refractivity contribution >= 4 is 5.96 Å². The number of aliphatic imine (C=N–C) groups is 1. The Bertz CT molecular complexity index is 583. The maximum absolute atomic E-state index is 4.41. The largest absolute Gasteiger partial charge is 0.356 e. The van der Waals surface area contributed by atoms with Gasteiger partial charge in [0.25, 0.3) is 0 Å². The number of hydrogen-bond donors (Lipinski definition) is 2. The lowest BCUT2D eigenvalue weighted by molar-refractivity contribution is 0.503. The van der Waals surface area contributed by atoms with Crippen molar-refractivity contribution in [3.63, 3.8) is 0 Å². The van der Waals surface area contributed by atoms with Crippen LogP contribution in [0.4, 0.5) is 0 Å². The summed E-state index contributed by atoms with van der Waals surface area (Å²) in [6, 6.07) is 1.94. The number of aryl methyl sites for hydroxylation is 1. The van der Waals surface area contributed by atoms with Crippen molar-refractivity contribution in [3.8, 4) is 0 Å². The molecule has 7 nitrogen and oxygen atoms in total. The molecule has 2 aromatic heterocycles. The topological polar surface area (TPSA) is 72.1 Å². The predicted octanol–water partition coefficient (Wildman–Crippen LogP) is 1.49. The van der Waals surface area contributed by atoms with E-state index in [1.54, 1.807) is 13.2 Å². The van der Waals surface area contributed by atoms with Gasteiger partial charge in [0.2, 0.25) is 0 Å². The number of imidazole rings is 1. The van der Waals surface area contributed by atoms with Crippen LogP contribution in [0.1, 0.15) is 26.1 Å². The number of guanidine groups is 1. The van der Waals surface area contributed by atoms with Crippen LogP contribution in [0.25, 0.3) is 0 Å². The lowest BCUT2D eigenvalue weighted by Crippen LogP contribution is -2.38. The van der Waals surface area contributed by atoms with Crippen LogP contribution < -0.4 is 10.6 Å². The Labute approximate surface area is 137 Å². The van der Waals surface area contributed by atoms with Crippen LogP contribution in [0.3, 0.4) is 0 Å². The third kappa shape index (κ3) is 5.77. The van der Waals surface area contributed by atoms with Gasteiger partial charge in [-0.3, -0.25) is 9.67 Å². The molecule has 0 aliphatic heterocycles. The minimum atomic E-state index is 0.600. The summed E-state index contributed by atoms with van der Waals surface area (Å²) in [6.07, 6.45) is 8.64. The van der Waals surface area contributed by atoms with Crippen molar-refractivity contribution in [2.24, 2.45) is 10.9 Å². The van der Waals surface area contributed by atoms with Crippen LogP contribution in [0, 0.1) is 5.92 Å². The van der Waals surface area contributed by atoms with Crippen molar-refractivity contribution in [2.75, 3.05) is 13.6 Å².